The Balaban J connectivity index is 4.07. The molecule has 3 nitrogen and oxygen atoms in total. The van der Waals surface area contributed by atoms with Crippen molar-refractivity contribution in [3.63, 3.8) is 0 Å². The Morgan fingerprint density at radius 1 is 1.18 bits per heavy atom. The molecule has 0 aromatic heterocycles. The van der Waals surface area contributed by atoms with Crippen LogP contribution in [-0.2, 0) is 9.53 Å². The van der Waals surface area contributed by atoms with Crippen LogP contribution in [0.1, 0.15) is 59.8 Å². The Morgan fingerprint density at radius 2 is 1.82 bits per heavy atom. The van der Waals surface area contributed by atoms with Gasteiger partial charge in [0.1, 0.15) is 6.04 Å². The van der Waals surface area contributed by atoms with E-state index in [-0.39, 0.29) is 12.0 Å². The van der Waals surface area contributed by atoms with E-state index in [4.69, 9.17) is 4.74 Å². The van der Waals surface area contributed by atoms with E-state index >= 15 is 0 Å². The molecular weight excluding hydrogens is 214 g/mol. The van der Waals surface area contributed by atoms with E-state index in [1.165, 1.54) is 13.5 Å². The van der Waals surface area contributed by atoms with Crippen LogP contribution in [0, 0.1) is 5.92 Å². The summed E-state index contributed by atoms with van der Waals surface area (Å²) in [6.45, 7) is 8.73. The Morgan fingerprint density at radius 3 is 2.29 bits per heavy atom. The van der Waals surface area contributed by atoms with Crippen LogP contribution in [0.15, 0.2) is 0 Å². The first kappa shape index (κ1) is 16.4. The number of nitrogens with one attached hydrogen (secondary N) is 1. The molecule has 0 rings (SSSR count). The molecule has 0 aliphatic carbocycles. The summed E-state index contributed by atoms with van der Waals surface area (Å²) < 4.78 is 4.83. The summed E-state index contributed by atoms with van der Waals surface area (Å²) in [4.78, 5) is 11.6. The first-order valence-corrected chi connectivity index (χ1v) is 6.85. The first-order chi connectivity index (χ1) is 8.01. The van der Waals surface area contributed by atoms with Gasteiger partial charge in [0.25, 0.3) is 0 Å². The van der Waals surface area contributed by atoms with Gasteiger partial charge < -0.3 is 10.1 Å². The molecule has 0 aliphatic rings. The molecule has 1 N–H and O–H groups in total. The zero-order chi connectivity index (χ0) is 13.3. The Kier molecular flexibility index (Phi) is 9.14. The molecule has 0 aromatic carbocycles. The smallest absolute Gasteiger partial charge is 0.322 e. The van der Waals surface area contributed by atoms with E-state index in [1.54, 1.807) is 0 Å². The molecule has 0 aromatic rings. The number of carbonyl (C=O) groups is 1. The lowest BCUT2D eigenvalue weighted by Gasteiger charge is -2.22. The van der Waals surface area contributed by atoms with Crippen molar-refractivity contribution in [2.45, 2.75) is 71.9 Å². The molecule has 102 valence electrons. The van der Waals surface area contributed by atoms with Gasteiger partial charge in [0.05, 0.1) is 7.11 Å². The van der Waals surface area contributed by atoms with Crippen LogP contribution in [0.25, 0.3) is 0 Å². The highest BCUT2D eigenvalue weighted by atomic mass is 16.5. The molecule has 0 fully saturated rings. The second-order valence-corrected chi connectivity index (χ2v) is 5.26. The summed E-state index contributed by atoms with van der Waals surface area (Å²) >= 11 is 0. The molecule has 3 heteroatoms. The monoisotopic (exact) mass is 243 g/mol. The van der Waals surface area contributed by atoms with Gasteiger partial charge in [-0.2, -0.15) is 0 Å². The zero-order valence-corrected chi connectivity index (χ0v) is 12.1. The second kappa shape index (κ2) is 9.46. The van der Waals surface area contributed by atoms with Gasteiger partial charge in [-0.15, -0.1) is 0 Å². The summed E-state index contributed by atoms with van der Waals surface area (Å²) in [5, 5.41) is 3.38. The van der Waals surface area contributed by atoms with Crippen molar-refractivity contribution in [2.75, 3.05) is 7.11 Å². The molecule has 2 unspecified atom stereocenters. The number of methoxy groups -OCH3 is 1. The fraction of sp³-hybridized carbons (Fsp3) is 0.929. The second-order valence-electron chi connectivity index (χ2n) is 5.26. The molecule has 0 aliphatic heterocycles. The van der Waals surface area contributed by atoms with Crippen LogP contribution >= 0.6 is 0 Å². The number of hydrogen-bond acceptors (Lipinski definition) is 3. The minimum Gasteiger partial charge on any atom is -0.468 e. The lowest BCUT2D eigenvalue weighted by Crippen LogP contribution is -2.42. The van der Waals surface area contributed by atoms with Crippen LogP contribution < -0.4 is 5.32 Å². The summed E-state index contributed by atoms with van der Waals surface area (Å²) in [7, 11) is 1.46. The lowest BCUT2D eigenvalue weighted by atomic mass is 10.0. The molecule has 2 atom stereocenters. The highest BCUT2D eigenvalue weighted by Crippen LogP contribution is 2.09. The summed E-state index contributed by atoms with van der Waals surface area (Å²) in [5.41, 5.74) is 0. The number of rotatable bonds is 9. The summed E-state index contributed by atoms with van der Waals surface area (Å²) in [6.07, 6.45) is 5.33. The zero-order valence-electron chi connectivity index (χ0n) is 12.1. The summed E-state index contributed by atoms with van der Waals surface area (Å²) in [6, 6.07) is 0.237. The number of hydrogen-bond donors (Lipinski definition) is 1. The van der Waals surface area contributed by atoms with E-state index in [0.717, 1.165) is 25.7 Å². The van der Waals surface area contributed by atoms with Crippen molar-refractivity contribution >= 4 is 5.97 Å². The van der Waals surface area contributed by atoms with Gasteiger partial charge in [0.15, 0.2) is 0 Å². The molecule has 0 radical (unpaired) electrons. The fourth-order valence-corrected chi connectivity index (χ4v) is 1.83. The standard InChI is InChI=1S/C14H29NO2/c1-6-7-8-13(14(16)17-5)15-12(4)10-9-11(2)3/h11-13,15H,6-10H2,1-5H3. The molecule has 0 spiro atoms. The Labute approximate surface area is 106 Å². The predicted octanol–water partition coefficient (Wildman–Crippen LogP) is 3.13. The maximum Gasteiger partial charge on any atom is 0.322 e. The van der Waals surface area contributed by atoms with Gasteiger partial charge in [0, 0.05) is 6.04 Å². The van der Waals surface area contributed by atoms with Gasteiger partial charge in [-0.3, -0.25) is 4.79 Å². The van der Waals surface area contributed by atoms with E-state index < -0.39 is 0 Å². The predicted molar refractivity (Wildman–Crippen MR) is 72.0 cm³/mol. The van der Waals surface area contributed by atoms with E-state index in [9.17, 15) is 4.79 Å². The third kappa shape index (κ3) is 8.19. The third-order valence-corrected chi connectivity index (χ3v) is 2.99. The number of esters is 1. The molecule has 0 bridgehead atoms. The highest BCUT2D eigenvalue weighted by Gasteiger charge is 2.20. The van der Waals surface area contributed by atoms with Crippen molar-refractivity contribution in [3.05, 3.63) is 0 Å². The van der Waals surface area contributed by atoms with Gasteiger partial charge in [-0.1, -0.05) is 33.6 Å². The maximum atomic E-state index is 11.6. The minimum absolute atomic E-state index is 0.130. The van der Waals surface area contributed by atoms with Gasteiger partial charge in [0.2, 0.25) is 0 Å². The van der Waals surface area contributed by atoms with Gasteiger partial charge >= 0.3 is 5.97 Å². The highest BCUT2D eigenvalue weighted by molar-refractivity contribution is 5.75. The van der Waals surface area contributed by atoms with E-state index in [1.807, 2.05) is 0 Å². The Bertz CT molecular complexity index is 204. The molecular formula is C14H29NO2. The average molecular weight is 243 g/mol. The fourth-order valence-electron chi connectivity index (χ4n) is 1.83. The first-order valence-electron chi connectivity index (χ1n) is 6.85. The third-order valence-electron chi connectivity index (χ3n) is 2.99. The van der Waals surface area contributed by atoms with Crippen molar-refractivity contribution in [1.82, 2.24) is 5.32 Å². The molecule has 0 heterocycles. The van der Waals surface area contributed by atoms with Crippen LogP contribution in [-0.4, -0.2) is 25.2 Å². The van der Waals surface area contributed by atoms with Gasteiger partial charge in [-0.25, -0.2) is 0 Å². The normalized spacial score (nSPS) is 14.7. The average Bonchev–Trinajstić information content (AvgIpc) is 2.30. The van der Waals surface area contributed by atoms with Crippen molar-refractivity contribution in [3.8, 4) is 0 Å². The van der Waals surface area contributed by atoms with Crippen LogP contribution in [0.3, 0.4) is 0 Å². The van der Waals surface area contributed by atoms with Crippen LogP contribution in [0.5, 0.6) is 0 Å². The number of ether oxygens (including phenoxy) is 1. The maximum absolute atomic E-state index is 11.6. The molecule has 0 saturated carbocycles. The van der Waals surface area contributed by atoms with Crippen molar-refractivity contribution < 1.29 is 9.53 Å². The molecule has 0 saturated heterocycles. The largest absolute Gasteiger partial charge is 0.468 e. The molecule has 0 amide bonds. The lowest BCUT2D eigenvalue weighted by molar-refractivity contribution is -0.143. The SMILES string of the molecule is CCCCC(NC(C)CCC(C)C)C(=O)OC. The number of carbonyl (C=O) groups excluding carboxylic acids is 1. The van der Waals surface area contributed by atoms with E-state index in [2.05, 4.69) is 33.0 Å². The minimum atomic E-state index is -0.137. The van der Waals surface area contributed by atoms with Crippen molar-refractivity contribution in [1.29, 1.82) is 0 Å². The van der Waals surface area contributed by atoms with Crippen LogP contribution in [0.2, 0.25) is 0 Å². The van der Waals surface area contributed by atoms with Gasteiger partial charge in [-0.05, 0) is 32.1 Å². The quantitative estimate of drug-likeness (QED) is 0.632. The van der Waals surface area contributed by atoms with Crippen LogP contribution in [0.4, 0.5) is 0 Å². The number of unbranched alkanes of at least 4 members (excludes halogenated alkanes) is 1. The van der Waals surface area contributed by atoms with E-state index in [0.29, 0.717) is 12.0 Å². The Hall–Kier alpha value is -0.570. The van der Waals surface area contributed by atoms with Crippen molar-refractivity contribution in [2.24, 2.45) is 5.92 Å². The topological polar surface area (TPSA) is 38.3 Å². The summed E-state index contributed by atoms with van der Waals surface area (Å²) in [5.74, 6) is 0.585. The molecule has 17 heavy (non-hydrogen) atoms.